The Labute approximate surface area is 154 Å². The SMILES string of the molecule is CCOC(=O)c1sc2nc(SCCN3CCCC3)nc(Cl)c2c1C. The lowest BCUT2D eigenvalue weighted by atomic mass is 10.2. The second-order valence-electron chi connectivity index (χ2n) is 5.65. The summed E-state index contributed by atoms with van der Waals surface area (Å²) < 4.78 is 5.10. The number of thioether (sulfide) groups is 1. The van der Waals surface area contributed by atoms with Crippen LogP contribution < -0.4 is 0 Å². The molecule has 0 aromatic carbocycles. The van der Waals surface area contributed by atoms with Gasteiger partial charge in [0.1, 0.15) is 14.9 Å². The van der Waals surface area contributed by atoms with E-state index in [2.05, 4.69) is 14.9 Å². The second kappa shape index (κ2) is 7.99. The van der Waals surface area contributed by atoms with E-state index in [1.54, 1.807) is 18.7 Å². The van der Waals surface area contributed by atoms with Crippen LogP contribution in [0.1, 0.15) is 35.0 Å². The number of aryl methyl sites for hydroxylation is 1. The van der Waals surface area contributed by atoms with Gasteiger partial charge in [0.2, 0.25) is 0 Å². The van der Waals surface area contributed by atoms with E-state index in [-0.39, 0.29) is 5.97 Å². The molecule has 2 aromatic heterocycles. The molecule has 1 fully saturated rings. The summed E-state index contributed by atoms with van der Waals surface area (Å²) in [7, 11) is 0. The maximum Gasteiger partial charge on any atom is 0.348 e. The number of rotatable bonds is 6. The molecule has 0 unspecified atom stereocenters. The summed E-state index contributed by atoms with van der Waals surface area (Å²) in [4.78, 5) is 24.8. The standard InChI is InChI=1S/C16H20ClN3O2S2/c1-3-22-15(21)12-10(2)11-13(17)18-16(19-14(11)24-12)23-9-8-20-6-4-5-7-20/h3-9H2,1-2H3. The minimum Gasteiger partial charge on any atom is -0.462 e. The summed E-state index contributed by atoms with van der Waals surface area (Å²) in [5, 5.41) is 1.84. The summed E-state index contributed by atoms with van der Waals surface area (Å²) in [6.45, 7) is 7.43. The van der Waals surface area contributed by atoms with Crippen molar-refractivity contribution in [3.8, 4) is 0 Å². The fraction of sp³-hybridized carbons (Fsp3) is 0.562. The first-order chi connectivity index (χ1) is 11.6. The van der Waals surface area contributed by atoms with Crippen LogP contribution in [0.3, 0.4) is 0 Å². The number of likely N-dealkylation sites (tertiary alicyclic amines) is 1. The molecule has 5 nitrogen and oxygen atoms in total. The molecule has 1 saturated heterocycles. The molecule has 1 aliphatic rings. The van der Waals surface area contributed by atoms with E-state index in [4.69, 9.17) is 16.3 Å². The lowest BCUT2D eigenvalue weighted by molar-refractivity contribution is 0.0531. The predicted molar refractivity (Wildman–Crippen MR) is 99.5 cm³/mol. The number of aromatic nitrogens is 2. The van der Waals surface area contributed by atoms with Crippen LogP contribution in [0.4, 0.5) is 0 Å². The molecule has 0 saturated carbocycles. The Hall–Kier alpha value is -0.890. The first-order valence-electron chi connectivity index (χ1n) is 8.09. The third kappa shape index (κ3) is 3.85. The normalized spacial score (nSPS) is 15.3. The number of hydrogen-bond acceptors (Lipinski definition) is 7. The molecule has 1 aliphatic heterocycles. The zero-order valence-corrected chi connectivity index (χ0v) is 16.2. The molecule has 3 heterocycles. The van der Waals surface area contributed by atoms with Gasteiger partial charge in [0.05, 0.1) is 12.0 Å². The van der Waals surface area contributed by atoms with Crippen molar-refractivity contribution in [2.75, 3.05) is 32.0 Å². The van der Waals surface area contributed by atoms with Crippen LogP contribution in [0.5, 0.6) is 0 Å². The Morgan fingerprint density at radius 3 is 2.83 bits per heavy atom. The van der Waals surface area contributed by atoms with Crippen LogP contribution in [-0.4, -0.2) is 52.8 Å². The van der Waals surface area contributed by atoms with Crippen molar-refractivity contribution in [3.63, 3.8) is 0 Å². The summed E-state index contributed by atoms with van der Waals surface area (Å²) in [5.74, 6) is 0.619. The second-order valence-corrected chi connectivity index (χ2v) is 8.07. The highest BCUT2D eigenvalue weighted by atomic mass is 35.5. The lowest BCUT2D eigenvalue weighted by Gasteiger charge is -2.13. The molecular formula is C16H20ClN3O2S2. The highest BCUT2D eigenvalue weighted by molar-refractivity contribution is 7.99. The van der Waals surface area contributed by atoms with Gasteiger partial charge in [0.15, 0.2) is 5.16 Å². The number of fused-ring (bicyclic) bond motifs is 1. The van der Waals surface area contributed by atoms with Gasteiger partial charge < -0.3 is 9.64 Å². The van der Waals surface area contributed by atoms with Crippen LogP contribution in [0.2, 0.25) is 5.15 Å². The van der Waals surface area contributed by atoms with Crippen molar-refractivity contribution in [2.24, 2.45) is 0 Å². The van der Waals surface area contributed by atoms with Gasteiger partial charge in [-0.1, -0.05) is 23.4 Å². The Bertz CT molecular complexity index is 744. The van der Waals surface area contributed by atoms with Gasteiger partial charge in [0.25, 0.3) is 0 Å². The molecule has 3 rings (SSSR count). The quantitative estimate of drug-likeness (QED) is 0.324. The Morgan fingerprint density at radius 2 is 2.12 bits per heavy atom. The number of hydrogen-bond donors (Lipinski definition) is 0. The molecule has 0 N–H and O–H groups in total. The fourth-order valence-electron chi connectivity index (χ4n) is 2.80. The lowest BCUT2D eigenvalue weighted by Crippen LogP contribution is -2.21. The molecule has 24 heavy (non-hydrogen) atoms. The topological polar surface area (TPSA) is 55.3 Å². The molecule has 0 radical (unpaired) electrons. The molecule has 0 spiro atoms. The Morgan fingerprint density at radius 1 is 1.38 bits per heavy atom. The van der Waals surface area contributed by atoms with Crippen molar-refractivity contribution in [2.45, 2.75) is 31.8 Å². The molecule has 8 heteroatoms. The first-order valence-corrected chi connectivity index (χ1v) is 10.3. The van der Waals surface area contributed by atoms with Crippen molar-refractivity contribution in [1.82, 2.24) is 14.9 Å². The van der Waals surface area contributed by atoms with Gasteiger partial charge in [-0.15, -0.1) is 11.3 Å². The van der Waals surface area contributed by atoms with Gasteiger partial charge in [-0.3, -0.25) is 0 Å². The maximum atomic E-state index is 12.0. The van der Waals surface area contributed by atoms with E-state index in [9.17, 15) is 4.79 Å². The third-order valence-electron chi connectivity index (χ3n) is 4.02. The number of nitrogens with zero attached hydrogens (tertiary/aromatic N) is 3. The zero-order chi connectivity index (χ0) is 17.1. The summed E-state index contributed by atoms with van der Waals surface area (Å²) >= 11 is 9.29. The van der Waals surface area contributed by atoms with E-state index in [0.29, 0.717) is 21.8 Å². The molecular weight excluding hydrogens is 366 g/mol. The smallest absolute Gasteiger partial charge is 0.348 e. The molecule has 0 aliphatic carbocycles. The Kier molecular flexibility index (Phi) is 5.97. The van der Waals surface area contributed by atoms with E-state index in [1.165, 1.54) is 37.3 Å². The highest BCUT2D eigenvalue weighted by Crippen LogP contribution is 2.35. The predicted octanol–water partition coefficient (Wildman–Crippen LogP) is 4.02. The van der Waals surface area contributed by atoms with E-state index in [0.717, 1.165) is 28.1 Å². The van der Waals surface area contributed by atoms with Crippen LogP contribution in [0.25, 0.3) is 10.2 Å². The highest BCUT2D eigenvalue weighted by Gasteiger charge is 2.21. The number of carbonyl (C=O) groups is 1. The van der Waals surface area contributed by atoms with Crippen LogP contribution in [0, 0.1) is 6.92 Å². The minimum absolute atomic E-state index is 0.322. The van der Waals surface area contributed by atoms with E-state index >= 15 is 0 Å². The van der Waals surface area contributed by atoms with Crippen molar-refractivity contribution >= 4 is 50.9 Å². The summed E-state index contributed by atoms with van der Waals surface area (Å²) in [5.41, 5.74) is 0.798. The van der Waals surface area contributed by atoms with Gasteiger partial charge >= 0.3 is 5.97 Å². The Balaban J connectivity index is 1.77. The van der Waals surface area contributed by atoms with Crippen LogP contribution in [-0.2, 0) is 4.74 Å². The van der Waals surface area contributed by atoms with Gasteiger partial charge in [-0.2, -0.15) is 0 Å². The number of carbonyl (C=O) groups excluding carboxylic acids is 1. The number of esters is 1. The number of ether oxygens (including phenoxy) is 1. The minimum atomic E-state index is -0.322. The number of thiophene rings is 1. The largest absolute Gasteiger partial charge is 0.462 e. The van der Waals surface area contributed by atoms with Gasteiger partial charge in [-0.25, -0.2) is 14.8 Å². The number of halogens is 1. The van der Waals surface area contributed by atoms with Crippen LogP contribution in [0.15, 0.2) is 5.16 Å². The molecule has 0 atom stereocenters. The van der Waals surface area contributed by atoms with Gasteiger partial charge in [0, 0.05) is 12.3 Å². The average molecular weight is 386 g/mol. The molecule has 0 bridgehead atoms. The first kappa shape index (κ1) is 17.9. The maximum absolute atomic E-state index is 12.0. The summed E-state index contributed by atoms with van der Waals surface area (Å²) in [6, 6.07) is 0. The van der Waals surface area contributed by atoms with Crippen molar-refractivity contribution < 1.29 is 9.53 Å². The van der Waals surface area contributed by atoms with E-state index < -0.39 is 0 Å². The van der Waals surface area contributed by atoms with Gasteiger partial charge in [-0.05, 0) is 45.3 Å². The molecule has 0 amide bonds. The van der Waals surface area contributed by atoms with E-state index in [1.807, 2.05) is 6.92 Å². The third-order valence-corrected chi connectivity index (χ3v) is 6.29. The van der Waals surface area contributed by atoms with Crippen molar-refractivity contribution in [1.29, 1.82) is 0 Å². The zero-order valence-electron chi connectivity index (χ0n) is 13.8. The molecule has 2 aromatic rings. The van der Waals surface area contributed by atoms with Crippen LogP contribution >= 0.6 is 34.7 Å². The fourth-order valence-corrected chi connectivity index (χ4v) is 5.19. The summed E-state index contributed by atoms with van der Waals surface area (Å²) in [6.07, 6.45) is 2.59. The monoisotopic (exact) mass is 385 g/mol. The molecule has 130 valence electrons. The van der Waals surface area contributed by atoms with Crippen molar-refractivity contribution in [3.05, 3.63) is 15.6 Å². The average Bonchev–Trinajstić information content (AvgIpc) is 3.16.